The lowest BCUT2D eigenvalue weighted by Gasteiger charge is -2.25. The first kappa shape index (κ1) is 25.0. The van der Waals surface area contributed by atoms with Crippen LogP contribution in [0.1, 0.15) is 78.2 Å². The molecule has 0 saturated carbocycles. The van der Waals surface area contributed by atoms with E-state index in [1.54, 1.807) is 7.11 Å². The van der Waals surface area contributed by atoms with E-state index in [-0.39, 0.29) is 17.4 Å². The van der Waals surface area contributed by atoms with Crippen molar-refractivity contribution in [3.05, 3.63) is 29.8 Å². The van der Waals surface area contributed by atoms with Crippen LogP contribution >= 0.6 is 0 Å². The van der Waals surface area contributed by atoms with Crippen LogP contribution in [0.2, 0.25) is 0 Å². The Kier molecular flexibility index (Phi) is 11.4. The summed E-state index contributed by atoms with van der Waals surface area (Å²) in [7, 11) is 1.63. The molecule has 0 aliphatic rings. The molecule has 1 atom stereocenters. The molecule has 0 radical (unpaired) electrons. The molecule has 0 fully saturated rings. The molecule has 0 amide bonds. The first-order chi connectivity index (χ1) is 13.7. The Hall–Kier alpha value is -2.04. The number of methoxy groups -OCH3 is 1. The fourth-order valence-electron chi connectivity index (χ4n) is 3.27. The largest absolute Gasteiger partial charge is 0.497 e. The maximum absolute atomic E-state index is 12.0. The maximum atomic E-state index is 12.0. The Balaban J connectivity index is 2.15. The standard InChI is InChI=1S/C24H38O5/c1-19(14-17-28-20(2)25)8-6-15-24(3,4)16-7-9-23(26)29-18-21-10-12-22(27-5)13-11-21/h10-13,19H,6-9,14-18H2,1-5H3. The van der Waals surface area contributed by atoms with Gasteiger partial charge in [0.2, 0.25) is 0 Å². The monoisotopic (exact) mass is 406 g/mol. The lowest BCUT2D eigenvalue weighted by molar-refractivity contribution is -0.145. The van der Waals surface area contributed by atoms with Crippen LogP contribution < -0.4 is 4.74 Å². The SMILES string of the molecule is COc1ccc(COC(=O)CCCC(C)(C)CCCC(C)CCOC(C)=O)cc1. The smallest absolute Gasteiger partial charge is 0.306 e. The van der Waals surface area contributed by atoms with Gasteiger partial charge >= 0.3 is 11.9 Å². The Labute approximate surface area is 176 Å². The second kappa shape index (κ2) is 13.2. The zero-order valence-corrected chi connectivity index (χ0v) is 18.8. The number of rotatable bonds is 14. The molecule has 5 heteroatoms. The number of hydrogen-bond acceptors (Lipinski definition) is 5. The zero-order chi connectivity index (χ0) is 21.7. The van der Waals surface area contributed by atoms with E-state index in [1.807, 2.05) is 24.3 Å². The molecule has 1 aromatic carbocycles. The Morgan fingerprint density at radius 2 is 1.66 bits per heavy atom. The summed E-state index contributed by atoms with van der Waals surface area (Å²) >= 11 is 0. The van der Waals surface area contributed by atoms with Crippen LogP contribution in [0.25, 0.3) is 0 Å². The van der Waals surface area contributed by atoms with Gasteiger partial charge in [-0.1, -0.05) is 45.7 Å². The summed E-state index contributed by atoms with van der Waals surface area (Å²) in [5.41, 5.74) is 1.17. The number of ether oxygens (including phenoxy) is 3. The minimum atomic E-state index is -0.208. The number of carbonyl (C=O) groups excluding carboxylic acids is 2. The van der Waals surface area contributed by atoms with E-state index in [2.05, 4.69) is 20.8 Å². The minimum Gasteiger partial charge on any atom is -0.497 e. The first-order valence-corrected chi connectivity index (χ1v) is 10.6. The van der Waals surface area contributed by atoms with Crippen molar-refractivity contribution < 1.29 is 23.8 Å². The molecule has 0 saturated heterocycles. The van der Waals surface area contributed by atoms with Crippen LogP contribution in [-0.2, 0) is 25.7 Å². The van der Waals surface area contributed by atoms with Gasteiger partial charge in [-0.25, -0.2) is 0 Å². The fourth-order valence-corrected chi connectivity index (χ4v) is 3.27. The average Bonchev–Trinajstić information content (AvgIpc) is 2.66. The first-order valence-electron chi connectivity index (χ1n) is 10.6. The van der Waals surface area contributed by atoms with Crippen LogP contribution in [0, 0.1) is 11.3 Å². The second-order valence-corrected chi connectivity index (χ2v) is 8.65. The third kappa shape index (κ3) is 12.2. The summed E-state index contributed by atoms with van der Waals surface area (Å²) in [5, 5.41) is 0. The Morgan fingerprint density at radius 3 is 2.28 bits per heavy atom. The van der Waals surface area contributed by atoms with E-state index in [1.165, 1.54) is 6.92 Å². The van der Waals surface area contributed by atoms with E-state index in [0.29, 0.717) is 25.6 Å². The molecule has 0 heterocycles. The van der Waals surface area contributed by atoms with E-state index in [0.717, 1.165) is 49.8 Å². The van der Waals surface area contributed by atoms with Crippen LogP contribution in [0.15, 0.2) is 24.3 Å². The van der Waals surface area contributed by atoms with Crippen molar-refractivity contribution in [3.63, 3.8) is 0 Å². The number of esters is 2. The highest BCUT2D eigenvalue weighted by Crippen LogP contribution is 2.30. The van der Waals surface area contributed by atoms with Gasteiger partial charge in [0.15, 0.2) is 0 Å². The lowest BCUT2D eigenvalue weighted by atomic mass is 9.81. The predicted molar refractivity (Wildman–Crippen MR) is 115 cm³/mol. The Morgan fingerprint density at radius 1 is 1.00 bits per heavy atom. The van der Waals surface area contributed by atoms with E-state index in [9.17, 15) is 9.59 Å². The molecule has 0 N–H and O–H groups in total. The molecule has 0 aliphatic carbocycles. The Bertz CT molecular complexity index is 606. The van der Waals surface area contributed by atoms with Crippen molar-refractivity contribution in [2.45, 2.75) is 79.2 Å². The highest BCUT2D eigenvalue weighted by molar-refractivity contribution is 5.69. The molecule has 1 unspecified atom stereocenters. The normalized spacial score (nSPS) is 12.3. The molecule has 164 valence electrons. The zero-order valence-electron chi connectivity index (χ0n) is 18.8. The summed E-state index contributed by atoms with van der Waals surface area (Å²) in [6, 6.07) is 7.54. The fraction of sp³-hybridized carbons (Fsp3) is 0.667. The van der Waals surface area contributed by atoms with Crippen LogP contribution in [0.5, 0.6) is 5.75 Å². The molecule has 0 spiro atoms. The average molecular weight is 407 g/mol. The van der Waals surface area contributed by atoms with Crippen LogP contribution in [0.4, 0.5) is 0 Å². The summed E-state index contributed by atoms with van der Waals surface area (Å²) in [6.45, 7) is 8.99. The molecule has 1 aromatic rings. The third-order valence-corrected chi connectivity index (χ3v) is 5.26. The highest BCUT2D eigenvalue weighted by Gasteiger charge is 2.18. The lowest BCUT2D eigenvalue weighted by Crippen LogP contribution is -2.14. The van der Waals surface area contributed by atoms with Crippen molar-refractivity contribution in [2.24, 2.45) is 11.3 Å². The maximum Gasteiger partial charge on any atom is 0.306 e. The van der Waals surface area contributed by atoms with Crippen molar-refractivity contribution >= 4 is 11.9 Å². The number of hydrogen-bond donors (Lipinski definition) is 0. The minimum absolute atomic E-state index is 0.143. The summed E-state index contributed by atoms with van der Waals surface area (Å²) in [5.74, 6) is 0.996. The van der Waals surface area contributed by atoms with Crippen molar-refractivity contribution in [1.29, 1.82) is 0 Å². The molecule has 0 bridgehead atoms. The van der Waals surface area contributed by atoms with Crippen LogP contribution in [0.3, 0.4) is 0 Å². The van der Waals surface area contributed by atoms with Crippen molar-refractivity contribution in [1.82, 2.24) is 0 Å². The van der Waals surface area contributed by atoms with Crippen molar-refractivity contribution in [3.8, 4) is 5.75 Å². The van der Waals surface area contributed by atoms with Gasteiger partial charge in [0, 0.05) is 13.3 Å². The van der Waals surface area contributed by atoms with Gasteiger partial charge in [-0.05, 0) is 54.7 Å². The second-order valence-electron chi connectivity index (χ2n) is 8.65. The molecular formula is C24H38O5. The van der Waals surface area contributed by atoms with Gasteiger partial charge < -0.3 is 14.2 Å². The molecular weight excluding hydrogens is 368 g/mol. The van der Waals surface area contributed by atoms with Gasteiger partial charge in [0.05, 0.1) is 13.7 Å². The van der Waals surface area contributed by atoms with E-state index in [4.69, 9.17) is 14.2 Å². The topological polar surface area (TPSA) is 61.8 Å². The molecule has 0 aliphatic heterocycles. The molecule has 1 rings (SSSR count). The summed E-state index contributed by atoms with van der Waals surface area (Å²) in [4.78, 5) is 22.8. The molecule has 5 nitrogen and oxygen atoms in total. The van der Waals surface area contributed by atoms with Crippen LogP contribution in [-0.4, -0.2) is 25.7 Å². The third-order valence-electron chi connectivity index (χ3n) is 5.26. The van der Waals surface area contributed by atoms with Gasteiger partial charge in [-0.15, -0.1) is 0 Å². The van der Waals surface area contributed by atoms with E-state index < -0.39 is 0 Å². The number of carbonyl (C=O) groups is 2. The van der Waals surface area contributed by atoms with Gasteiger partial charge in [-0.2, -0.15) is 0 Å². The van der Waals surface area contributed by atoms with Gasteiger partial charge in [0.25, 0.3) is 0 Å². The van der Waals surface area contributed by atoms with Gasteiger partial charge in [-0.3, -0.25) is 9.59 Å². The molecule has 29 heavy (non-hydrogen) atoms. The summed E-state index contributed by atoms with van der Waals surface area (Å²) in [6.07, 6.45) is 6.64. The number of benzene rings is 1. The molecule has 0 aromatic heterocycles. The summed E-state index contributed by atoms with van der Waals surface area (Å²) < 4.78 is 15.5. The quantitative estimate of drug-likeness (QED) is 0.371. The van der Waals surface area contributed by atoms with Crippen molar-refractivity contribution in [2.75, 3.05) is 13.7 Å². The van der Waals surface area contributed by atoms with Gasteiger partial charge in [0.1, 0.15) is 12.4 Å². The predicted octanol–water partition coefficient (Wildman–Crippen LogP) is 5.69. The van der Waals surface area contributed by atoms with E-state index >= 15 is 0 Å². The highest BCUT2D eigenvalue weighted by atomic mass is 16.5.